The monoisotopic (exact) mass is 357 g/mol. The van der Waals surface area contributed by atoms with Crippen LogP contribution in [-0.4, -0.2) is 9.97 Å². The molecule has 0 radical (unpaired) electrons. The summed E-state index contributed by atoms with van der Waals surface area (Å²) in [5, 5.41) is 15.6. The smallest absolute Gasteiger partial charge is 0.229 e. The van der Waals surface area contributed by atoms with Gasteiger partial charge in [0.05, 0.1) is 11.6 Å². The standard InChI is InChI=1S/C22H23N5/c1-4-17-7-6-8-18(5-2)21(17)27-22-24-15(3)13-20(26-22)25-19-11-9-16(14-23)10-12-19/h6-13H,4-5H2,1-3H3,(H2,24,25,26,27). The molecule has 0 fully saturated rings. The molecule has 1 heterocycles. The van der Waals surface area contributed by atoms with Crippen LogP contribution in [0, 0.1) is 18.3 Å². The average molecular weight is 357 g/mol. The van der Waals surface area contributed by atoms with E-state index in [0.29, 0.717) is 17.3 Å². The predicted octanol–water partition coefficient (Wildman–Crippen LogP) is 5.27. The second-order valence-corrected chi connectivity index (χ2v) is 6.32. The summed E-state index contributed by atoms with van der Waals surface area (Å²) in [4.78, 5) is 9.16. The van der Waals surface area contributed by atoms with Crippen LogP contribution >= 0.6 is 0 Å². The molecule has 0 spiro atoms. The number of anilines is 4. The number of benzene rings is 2. The number of para-hydroxylation sites is 1. The van der Waals surface area contributed by atoms with E-state index in [-0.39, 0.29) is 0 Å². The fourth-order valence-corrected chi connectivity index (χ4v) is 2.98. The lowest BCUT2D eigenvalue weighted by atomic mass is 10.0. The maximum absolute atomic E-state index is 8.92. The first kappa shape index (κ1) is 18.4. The molecule has 0 amide bonds. The Bertz CT molecular complexity index is 949. The Balaban J connectivity index is 1.89. The van der Waals surface area contributed by atoms with Crippen molar-refractivity contribution >= 4 is 23.1 Å². The van der Waals surface area contributed by atoms with E-state index in [2.05, 4.69) is 58.7 Å². The van der Waals surface area contributed by atoms with E-state index >= 15 is 0 Å². The van der Waals surface area contributed by atoms with Gasteiger partial charge in [0.25, 0.3) is 0 Å². The molecule has 2 aromatic carbocycles. The topological polar surface area (TPSA) is 73.6 Å². The van der Waals surface area contributed by atoms with E-state index in [1.807, 2.05) is 25.1 Å². The molecule has 1 aromatic heterocycles. The highest BCUT2D eigenvalue weighted by molar-refractivity contribution is 5.65. The molecule has 0 unspecified atom stereocenters. The third kappa shape index (κ3) is 4.42. The molecule has 0 aliphatic heterocycles. The summed E-state index contributed by atoms with van der Waals surface area (Å²) in [6.07, 6.45) is 1.89. The van der Waals surface area contributed by atoms with Crippen LogP contribution in [0.5, 0.6) is 0 Å². The van der Waals surface area contributed by atoms with Crippen molar-refractivity contribution in [2.45, 2.75) is 33.6 Å². The molecule has 136 valence electrons. The van der Waals surface area contributed by atoms with Gasteiger partial charge in [-0.15, -0.1) is 0 Å². The summed E-state index contributed by atoms with van der Waals surface area (Å²) in [5.41, 5.74) is 5.97. The molecule has 3 rings (SSSR count). The Hall–Kier alpha value is -3.39. The van der Waals surface area contributed by atoms with Gasteiger partial charge in [-0.05, 0) is 55.2 Å². The molecule has 0 bridgehead atoms. The second-order valence-electron chi connectivity index (χ2n) is 6.32. The van der Waals surface area contributed by atoms with E-state index < -0.39 is 0 Å². The Morgan fingerprint density at radius 1 is 0.926 bits per heavy atom. The van der Waals surface area contributed by atoms with Gasteiger partial charge < -0.3 is 10.6 Å². The van der Waals surface area contributed by atoms with Crippen molar-refractivity contribution in [3.63, 3.8) is 0 Å². The van der Waals surface area contributed by atoms with Gasteiger partial charge in [-0.25, -0.2) is 4.98 Å². The van der Waals surface area contributed by atoms with Crippen LogP contribution in [-0.2, 0) is 12.8 Å². The second kappa shape index (κ2) is 8.33. The molecule has 5 heteroatoms. The van der Waals surface area contributed by atoms with Crippen LogP contribution < -0.4 is 10.6 Å². The van der Waals surface area contributed by atoms with Gasteiger partial charge in [-0.2, -0.15) is 10.2 Å². The zero-order chi connectivity index (χ0) is 19.2. The van der Waals surface area contributed by atoms with Crippen molar-refractivity contribution in [1.29, 1.82) is 5.26 Å². The molecule has 0 aliphatic carbocycles. The molecular weight excluding hydrogens is 334 g/mol. The fraction of sp³-hybridized carbons (Fsp3) is 0.227. The van der Waals surface area contributed by atoms with Crippen LogP contribution in [0.1, 0.15) is 36.2 Å². The van der Waals surface area contributed by atoms with E-state index in [4.69, 9.17) is 5.26 Å². The lowest BCUT2D eigenvalue weighted by Crippen LogP contribution is -2.06. The van der Waals surface area contributed by atoms with Crippen molar-refractivity contribution < 1.29 is 0 Å². The number of nitriles is 1. The van der Waals surface area contributed by atoms with Gasteiger partial charge in [-0.1, -0.05) is 32.0 Å². The van der Waals surface area contributed by atoms with Gasteiger partial charge in [0.15, 0.2) is 0 Å². The first-order chi connectivity index (χ1) is 13.1. The van der Waals surface area contributed by atoms with Crippen molar-refractivity contribution in [1.82, 2.24) is 9.97 Å². The van der Waals surface area contributed by atoms with Gasteiger partial charge in [0.2, 0.25) is 5.95 Å². The van der Waals surface area contributed by atoms with Crippen LogP contribution in [0.3, 0.4) is 0 Å². The summed E-state index contributed by atoms with van der Waals surface area (Å²) >= 11 is 0. The summed E-state index contributed by atoms with van der Waals surface area (Å²) in [7, 11) is 0. The number of nitrogens with zero attached hydrogens (tertiary/aromatic N) is 3. The molecule has 5 nitrogen and oxygen atoms in total. The van der Waals surface area contributed by atoms with E-state index in [1.165, 1.54) is 11.1 Å². The summed E-state index contributed by atoms with van der Waals surface area (Å²) in [6.45, 7) is 6.24. The Morgan fingerprint density at radius 3 is 2.19 bits per heavy atom. The Morgan fingerprint density at radius 2 is 1.59 bits per heavy atom. The molecular formula is C22H23N5. The predicted molar refractivity (Wildman–Crippen MR) is 110 cm³/mol. The van der Waals surface area contributed by atoms with Crippen molar-refractivity contribution in [3.8, 4) is 6.07 Å². The highest BCUT2D eigenvalue weighted by Gasteiger charge is 2.09. The number of aromatic nitrogens is 2. The lowest BCUT2D eigenvalue weighted by molar-refractivity contribution is 1.06. The van der Waals surface area contributed by atoms with Crippen molar-refractivity contribution in [2.24, 2.45) is 0 Å². The normalized spacial score (nSPS) is 10.3. The van der Waals surface area contributed by atoms with Crippen molar-refractivity contribution in [3.05, 3.63) is 70.9 Å². The third-order valence-electron chi connectivity index (χ3n) is 4.38. The zero-order valence-electron chi connectivity index (χ0n) is 15.9. The molecule has 0 saturated heterocycles. The number of rotatable bonds is 6. The van der Waals surface area contributed by atoms with E-state index in [9.17, 15) is 0 Å². The zero-order valence-corrected chi connectivity index (χ0v) is 15.9. The minimum atomic E-state index is 0.571. The molecule has 0 saturated carbocycles. The quantitative estimate of drug-likeness (QED) is 0.629. The number of hydrogen-bond acceptors (Lipinski definition) is 5. The summed E-state index contributed by atoms with van der Waals surface area (Å²) in [5.74, 6) is 1.28. The van der Waals surface area contributed by atoms with Gasteiger partial charge in [-0.3, -0.25) is 0 Å². The van der Waals surface area contributed by atoms with Crippen LogP contribution in [0.15, 0.2) is 48.5 Å². The highest BCUT2D eigenvalue weighted by Crippen LogP contribution is 2.26. The first-order valence-electron chi connectivity index (χ1n) is 9.13. The molecule has 3 aromatic rings. The van der Waals surface area contributed by atoms with Crippen LogP contribution in [0.2, 0.25) is 0 Å². The van der Waals surface area contributed by atoms with Crippen LogP contribution in [0.4, 0.5) is 23.1 Å². The Kier molecular flexibility index (Phi) is 5.68. The maximum atomic E-state index is 8.92. The maximum Gasteiger partial charge on any atom is 0.229 e. The van der Waals surface area contributed by atoms with Crippen molar-refractivity contribution in [2.75, 3.05) is 10.6 Å². The number of hydrogen-bond donors (Lipinski definition) is 2. The van der Waals surface area contributed by atoms with Gasteiger partial charge in [0.1, 0.15) is 5.82 Å². The SMILES string of the molecule is CCc1cccc(CC)c1Nc1nc(C)cc(Nc2ccc(C#N)cc2)n1. The highest BCUT2D eigenvalue weighted by atomic mass is 15.1. The lowest BCUT2D eigenvalue weighted by Gasteiger charge is -2.15. The minimum absolute atomic E-state index is 0.571. The molecule has 0 aliphatic rings. The largest absolute Gasteiger partial charge is 0.340 e. The van der Waals surface area contributed by atoms with E-state index in [0.717, 1.165) is 29.9 Å². The number of aryl methyl sites for hydroxylation is 3. The molecule has 0 atom stereocenters. The molecule has 2 N–H and O–H groups in total. The number of nitrogens with one attached hydrogen (secondary N) is 2. The Labute approximate surface area is 160 Å². The third-order valence-corrected chi connectivity index (χ3v) is 4.38. The van der Waals surface area contributed by atoms with Gasteiger partial charge >= 0.3 is 0 Å². The first-order valence-corrected chi connectivity index (χ1v) is 9.13. The summed E-state index contributed by atoms with van der Waals surface area (Å²) in [6, 6.07) is 17.7. The molecule has 27 heavy (non-hydrogen) atoms. The minimum Gasteiger partial charge on any atom is -0.340 e. The summed E-state index contributed by atoms with van der Waals surface area (Å²) < 4.78 is 0. The van der Waals surface area contributed by atoms with E-state index in [1.54, 1.807) is 12.1 Å². The fourth-order valence-electron chi connectivity index (χ4n) is 2.98. The van der Waals surface area contributed by atoms with Crippen LogP contribution in [0.25, 0.3) is 0 Å². The average Bonchev–Trinajstić information content (AvgIpc) is 2.68. The van der Waals surface area contributed by atoms with Gasteiger partial charge in [0, 0.05) is 23.1 Å².